The molecular formula is C27H17ClF2N4O4S. The number of thiophene rings is 1. The Balaban J connectivity index is 1.50. The van der Waals surface area contributed by atoms with Crippen molar-refractivity contribution < 1.29 is 23.4 Å². The normalized spacial score (nSPS) is 11.3. The first-order valence-corrected chi connectivity index (χ1v) is 12.7. The molecule has 0 atom stereocenters. The van der Waals surface area contributed by atoms with Crippen LogP contribution in [0.2, 0.25) is 5.02 Å². The van der Waals surface area contributed by atoms with Gasteiger partial charge in [-0.3, -0.25) is 14.3 Å². The Bertz CT molecular complexity index is 1880. The molecular weight excluding hydrogens is 550 g/mol. The number of ether oxygens (including phenoxy) is 1. The van der Waals surface area contributed by atoms with Crippen molar-refractivity contribution >= 4 is 50.0 Å². The lowest BCUT2D eigenvalue weighted by Crippen LogP contribution is -2.27. The van der Waals surface area contributed by atoms with Gasteiger partial charge >= 0.3 is 5.97 Å². The summed E-state index contributed by atoms with van der Waals surface area (Å²) in [5.41, 5.74) is 0.332. The van der Waals surface area contributed by atoms with E-state index in [1.165, 1.54) is 33.5 Å². The van der Waals surface area contributed by atoms with Gasteiger partial charge in [-0.1, -0.05) is 11.6 Å². The summed E-state index contributed by atoms with van der Waals surface area (Å²) in [6.45, 7) is 1.62. The summed E-state index contributed by atoms with van der Waals surface area (Å²) in [6.07, 6.45) is -1.41. The van der Waals surface area contributed by atoms with Crippen LogP contribution in [0.5, 0.6) is 5.75 Å². The molecule has 0 amide bonds. The van der Waals surface area contributed by atoms with Crippen molar-refractivity contribution in [3.05, 3.63) is 85.9 Å². The van der Waals surface area contributed by atoms with E-state index in [0.29, 0.717) is 37.9 Å². The van der Waals surface area contributed by atoms with E-state index in [9.17, 15) is 28.7 Å². The Morgan fingerprint density at radius 3 is 2.77 bits per heavy atom. The first-order valence-electron chi connectivity index (χ1n) is 11.5. The Kier molecular flexibility index (Phi) is 6.99. The van der Waals surface area contributed by atoms with Gasteiger partial charge in [-0.15, -0.1) is 11.3 Å². The summed E-state index contributed by atoms with van der Waals surface area (Å²) in [7, 11) is 0. The van der Waals surface area contributed by atoms with Crippen LogP contribution in [0.1, 0.15) is 33.7 Å². The zero-order valence-electron chi connectivity index (χ0n) is 20.1. The largest absolute Gasteiger partial charge is 0.491 e. The highest BCUT2D eigenvalue weighted by Gasteiger charge is 2.21. The maximum Gasteiger partial charge on any atom is 0.338 e. The van der Waals surface area contributed by atoms with E-state index in [4.69, 9.17) is 16.3 Å². The smallest absolute Gasteiger partial charge is 0.338 e. The Labute approximate surface area is 228 Å². The van der Waals surface area contributed by atoms with Crippen molar-refractivity contribution in [3.8, 4) is 22.9 Å². The van der Waals surface area contributed by atoms with E-state index in [0.717, 1.165) is 6.07 Å². The van der Waals surface area contributed by atoms with Crippen molar-refractivity contribution in [1.82, 2.24) is 14.5 Å². The molecule has 0 bridgehead atoms. The predicted molar refractivity (Wildman–Crippen MR) is 143 cm³/mol. The third kappa shape index (κ3) is 4.69. The number of pyridine rings is 1. The van der Waals surface area contributed by atoms with Crippen LogP contribution >= 0.6 is 22.9 Å². The van der Waals surface area contributed by atoms with E-state index in [2.05, 4.69) is 9.97 Å². The predicted octanol–water partition coefficient (Wildman–Crippen LogP) is 6.22. The number of carboxylic acids is 1. The first-order chi connectivity index (χ1) is 18.7. The minimum Gasteiger partial charge on any atom is -0.491 e. The number of alkyl halides is 2. The molecule has 5 rings (SSSR count). The Hall–Kier alpha value is -4.40. The quantitative estimate of drug-likeness (QED) is 0.248. The molecule has 0 aliphatic rings. The number of aromatic nitrogens is 3. The monoisotopic (exact) mass is 566 g/mol. The highest BCUT2D eigenvalue weighted by Crippen LogP contribution is 2.39. The van der Waals surface area contributed by atoms with Gasteiger partial charge in [0.2, 0.25) is 0 Å². The number of hydrogen-bond acceptors (Lipinski definition) is 7. The molecule has 0 saturated carbocycles. The van der Waals surface area contributed by atoms with Crippen molar-refractivity contribution in [2.45, 2.75) is 19.9 Å². The van der Waals surface area contributed by atoms with E-state index < -0.39 is 29.1 Å². The summed E-state index contributed by atoms with van der Waals surface area (Å²) in [5, 5.41) is 20.8. The molecule has 3 aromatic heterocycles. The second kappa shape index (κ2) is 10.4. The average Bonchev–Trinajstić information content (AvgIpc) is 3.35. The maximum atomic E-state index is 13.4. The lowest BCUT2D eigenvalue weighted by molar-refractivity contribution is 0.0699. The topological polar surface area (TPSA) is 118 Å². The number of nitrogens with zero attached hydrogens (tertiary/aromatic N) is 4. The van der Waals surface area contributed by atoms with Crippen LogP contribution in [0, 0.1) is 18.3 Å². The molecule has 39 heavy (non-hydrogen) atoms. The fourth-order valence-corrected chi connectivity index (χ4v) is 5.58. The van der Waals surface area contributed by atoms with Crippen LogP contribution in [0.4, 0.5) is 8.78 Å². The summed E-state index contributed by atoms with van der Waals surface area (Å²) in [5.74, 6) is -0.329. The van der Waals surface area contributed by atoms with Gasteiger partial charge in [-0.05, 0) is 43.3 Å². The Morgan fingerprint density at radius 2 is 2.05 bits per heavy atom. The minimum atomic E-state index is -2.92. The van der Waals surface area contributed by atoms with E-state index in [-0.39, 0.29) is 29.6 Å². The summed E-state index contributed by atoms with van der Waals surface area (Å²) in [4.78, 5) is 33.4. The van der Waals surface area contributed by atoms with Gasteiger partial charge in [-0.25, -0.2) is 18.6 Å². The molecule has 0 spiro atoms. The highest BCUT2D eigenvalue weighted by atomic mass is 35.5. The molecule has 3 heterocycles. The van der Waals surface area contributed by atoms with Crippen LogP contribution < -0.4 is 10.3 Å². The van der Waals surface area contributed by atoms with Crippen molar-refractivity contribution in [2.24, 2.45) is 0 Å². The minimum absolute atomic E-state index is 0.00195. The number of carboxylic acid groups (broad SMARTS) is 1. The number of halogens is 3. The number of fused-ring (bicyclic) bond motifs is 2. The number of aryl methyl sites for hydroxylation is 1. The molecule has 2 aromatic carbocycles. The standard InChI is InChI=1S/C27H17ClF2N4O4S/c1-13-33-20-4-3-16(25(29)30)18(11-31)22(20)26(35)34(13)8-9-38-21-5-2-14(28)10-17(21)15-6-7-32-23-19(27(36)37)12-39-24(15)23/h2-7,10,12,25H,8-9H2,1H3,(H,36,37). The fraction of sp³-hybridized carbons (Fsp3) is 0.148. The summed E-state index contributed by atoms with van der Waals surface area (Å²) >= 11 is 7.50. The number of hydrogen-bond donors (Lipinski definition) is 1. The zero-order valence-corrected chi connectivity index (χ0v) is 21.7. The van der Waals surface area contributed by atoms with Gasteiger partial charge in [0.25, 0.3) is 12.0 Å². The van der Waals surface area contributed by atoms with Crippen molar-refractivity contribution in [2.75, 3.05) is 6.61 Å². The second-order valence-electron chi connectivity index (χ2n) is 8.43. The molecule has 0 unspecified atom stereocenters. The maximum absolute atomic E-state index is 13.4. The molecule has 196 valence electrons. The number of benzene rings is 2. The molecule has 0 fully saturated rings. The number of nitriles is 1. The van der Waals surface area contributed by atoms with Crippen LogP contribution in [-0.2, 0) is 6.54 Å². The van der Waals surface area contributed by atoms with E-state index in [1.807, 2.05) is 0 Å². The van der Waals surface area contributed by atoms with Gasteiger partial charge in [0.1, 0.15) is 24.3 Å². The SMILES string of the molecule is Cc1nc2ccc(C(F)F)c(C#N)c2c(=O)n1CCOc1ccc(Cl)cc1-c1ccnc2c(C(=O)O)csc12. The third-order valence-corrected chi connectivity index (χ3v) is 7.42. The third-order valence-electron chi connectivity index (χ3n) is 6.18. The zero-order chi connectivity index (χ0) is 27.8. The molecule has 0 radical (unpaired) electrons. The average molecular weight is 567 g/mol. The highest BCUT2D eigenvalue weighted by molar-refractivity contribution is 7.18. The lowest BCUT2D eigenvalue weighted by Gasteiger charge is -2.15. The van der Waals surface area contributed by atoms with Crippen molar-refractivity contribution in [1.29, 1.82) is 5.26 Å². The molecule has 12 heteroatoms. The lowest BCUT2D eigenvalue weighted by atomic mass is 10.0. The van der Waals surface area contributed by atoms with E-state index in [1.54, 1.807) is 37.3 Å². The van der Waals surface area contributed by atoms with E-state index >= 15 is 0 Å². The van der Waals surface area contributed by atoms with Crippen LogP contribution in [0.25, 0.3) is 32.2 Å². The van der Waals surface area contributed by atoms with Gasteiger partial charge in [-0.2, -0.15) is 5.26 Å². The van der Waals surface area contributed by atoms with Gasteiger partial charge < -0.3 is 9.84 Å². The molecule has 5 aromatic rings. The second-order valence-corrected chi connectivity index (χ2v) is 9.75. The van der Waals surface area contributed by atoms with Gasteiger partial charge in [0, 0.05) is 33.3 Å². The summed E-state index contributed by atoms with van der Waals surface area (Å²) in [6, 6.07) is 10.9. The molecule has 1 N–H and O–H groups in total. The van der Waals surface area contributed by atoms with Crippen LogP contribution in [-0.4, -0.2) is 32.2 Å². The molecule has 0 aliphatic carbocycles. The number of rotatable bonds is 7. The van der Waals surface area contributed by atoms with Crippen molar-refractivity contribution in [3.63, 3.8) is 0 Å². The molecule has 0 saturated heterocycles. The summed E-state index contributed by atoms with van der Waals surface area (Å²) < 4.78 is 34.8. The molecule has 8 nitrogen and oxygen atoms in total. The number of aromatic carboxylic acids is 1. The van der Waals surface area contributed by atoms with Gasteiger partial charge in [0.05, 0.1) is 38.8 Å². The van der Waals surface area contributed by atoms with Crippen LogP contribution in [0.3, 0.4) is 0 Å². The first kappa shape index (κ1) is 26.2. The van der Waals surface area contributed by atoms with Crippen LogP contribution in [0.15, 0.2) is 52.8 Å². The number of carbonyl (C=O) groups is 1. The fourth-order valence-electron chi connectivity index (χ4n) is 4.38. The Morgan fingerprint density at radius 1 is 1.26 bits per heavy atom. The van der Waals surface area contributed by atoms with Gasteiger partial charge in [0.15, 0.2) is 0 Å². The molecule has 0 aliphatic heterocycles.